The minimum Gasteiger partial charge on any atom is -0.389 e. The number of rotatable bonds is 4. The number of hydrogen-bond acceptors (Lipinski definition) is 2. The Morgan fingerprint density at radius 1 is 1.37 bits per heavy atom. The normalized spacial score (nSPS) is 27.5. The van der Waals surface area contributed by atoms with Gasteiger partial charge in [0.2, 0.25) is 0 Å². The Hall–Kier alpha value is -0.570. The molecule has 0 heterocycles. The standard InChI is InChI=1S/C16H24ClNO/c1-12-5-7-16(19,8-6-12)11-18-10-14-4-3-13(2)9-15(14)17/h3-4,9,12,18-19H,5-8,10-11H2,1-2H3. The van der Waals surface area contributed by atoms with Crippen LogP contribution in [0.4, 0.5) is 0 Å². The van der Waals surface area contributed by atoms with Crippen molar-refractivity contribution in [2.45, 2.75) is 51.7 Å². The zero-order valence-electron chi connectivity index (χ0n) is 11.9. The maximum atomic E-state index is 10.5. The molecule has 0 radical (unpaired) electrons. The van der Waals surface area contributed by atoms with E-state index in [1.807, 2.05) is 13.0 Å². The van der Waals surface area contributed by atoms with Crippen molar-refractivity contribution in [1.29, 1.82) is 0 Å². The van der Waals surface area contributed by atoms with Gasteiger partial charge < -0.3 is 10.4 Å². The van der Waals surface area contributed by atoms with Gasteiger partial charge in [-0.25, -0.2) is 0 Å². The molecule has 0 aromatic heterocycles. The summed E-state index contributed by atoms with van der Waals surface area (Å²) in [4.78, 5) is 0. The van der Waals surface area contributed by atoms with E-state index in [0.717, 1.165) is 48.7 Å². The van der Waals surface area contributed by atoms with Gasteiger partial charge in [0.1, 0.15) is 0 Å². The molecule has 2 rings (SSSR count). The highest BCUT2D eigenvalue weighted by molar-refractivity contribution is 6.31. The van der Waals surface area contributed by atoms with E-state index in [2.05, 4.69) is 24.4 Å². The van der Waals surface area contributed by atoms with Crippen molar-refractivity contribution in [2.24, 2.45) is 5.92 Å². The molecule has 0 aliphatic heterocycles. The van der Waals surface area contributed by atoms with Gasteiger partial charge in [-0.3, -0.25) is 0 Å². The van der Waals surface area contributed by atoms with Crippen molar-refractivity contribution in [3.63, 3.8) is 0 Å². The Bertz CT molecular complexity index is 425. The molecule has 0 bridgehead atoms. The van der Waals surface area contributed by atoms with E-state index in [-0.39, 0.29) is 0 Å². The molecule has 0 amide bonds. The minimum absolute atomic E-state index is 0.524. The lowest BCUT2D eigenvalue weighted by Crippen LogP contribution is -2.43. The van der Waals surface area contributed by atoms with Crippen molar-refractivity contribution in [3.05, 3.63) is 34.3 Å². The summed E-state index contributed by atoms with van der Waals surface area (Å²) in [5, 5.41) is 14.6. The molecule has 1 saturated carbocycles. The van der Waals surface area contributed by atoms with E-state index in [0.29, 0.717) is 6.54 Å². The second-order valence-electron chi connectivity index (χ2n) is 6.11. The summed E-state index contributed by atoms with van der Waals surface area (Å²) in [5.74, 6) is 0.756. The van der Waals surface area contributed by atoms with Crippen LogP contribution < -0.4 is 5.32 Å². The predicted octanol–water partition coefficient (Wildman–Crippen LogP) is 3.68. The zero-order chi connectivity index (χ0) is 13.9. The molecule has 0 spiro atoms. The number of halogens is 1. The predicted molar refractivity (Wildman–Crippen MR) is 80.5 cm³/mol. The van der Waals surface area contributed by atoms with Crippen LogP contribution in [0, 0.1) is 12.8 Å². The third kappa shape index (κ3) is 4.20. The Morgan fingerprint density at radius 3 is 2.68 bits per heavy atom. The molecule has 0 unspecified atom stereocenters. The SMILES string of the molecule is Cc1ccc(CNCC2(O)CCC(C)CC2)c(Cl)c1. The summed E-state index contributed by atoms with van der Waals surface area (Å²) in [6.45, 7) is 5.68. The number of aliphatic hydroxyl groups is 1. The molecule has 0 saturated heterocycles. The van der Waals surface area contributed by atoms with Gasteiger partial charge in [-0.2, -0.15) is 0 Å². The number of nitrogens with one attached hydrogen (secondary N) is 1. The molecule has 2 nitrogen and oxygen atoms in total. The minimum atomic E-state index is -0.524. The Labute approximate surface area is 121 Å². The molecule has 1 aliphatic rings. The number of benzene rings is 1. The van der Waals surface area contributed by atoms with E-state index in [9.17, 15) is 5.11 Å². The van der Waals surface area contributed by atoms with Crippen LogP contribution in [0.25, 0.3) is 0 Å². The molecular formula is C16H24ClNO. The van der Waals surface area contributed by atoms with Crippen LogP contribution in [-0.4, -0.2) is 17.3 Å². The lowest BCUT2D eigenvalue weighted by molar-refractivity contribution is -0.00630. The Morgan fingerprint density at radius 2 is 2.05 bits per heavy atom. The second kappa shape index (κ2) is 6.25. The molecule has 1 aliphatic carbocycles. The van der Waals surface area contributed by atoms with Crippen LogP contribution in [0.5, 0.6) is 0 Å². The number of aryl methyl sites for hydroxylation is 1. The lowest BCUT2D eigenvalue weighted by Gasteiger charge is -2.35. The molecule has 3 heteroatoms. The van der Waals surface area contributed by atoms with Crippen molar-refractivity contribution in [2.75, 3.05) is 6.54 Å². The van der Waals surface area contributed by atoms with Gasteiger partial charge in [0.25, 0.3) is 0 Å². The van der Waals surface area contributed by atoms with E-state index in [4.69, 9.17) is 11.6 Å². The first kappa shape index (κ1) is 14.8. The van der Waals surface area contributed by atoms with E-state index in [1.54, 1.807) is 0 Å². The first-order valence-electron chi connectivity index (χ1n) is 7.17. The first-order chi connectivity index (χ1) is 8.98. The van der Waals surface area contributed by atoms with Crippen molar-refractivity contribution in [1.82, 2.24) is 5.32 Å². The fraction of sp³-hybridized carbons (Fsp3) is 0.625. The fourth-order valence-corrected chi connectivity index (χ4v) is 3.00. The van der Waals surface area contributed by atoms with Gasteiger partial charge in [-0.15, -0.1) is 0 Å². The van der Waals surface area contributed by atoms with Gasteiger partial charge >= 0.3 is 0 Å². The highest BCUT2D eigenvalue weighted by Crippen LogP contribution is 2.31. The molecule has 1 aromatic carbocycles. The van der Waals surface area contributed by atoms with Gasteiger partial charge in [-0.05, 0) is 55.7 Å². The maximum absolute atomic E-state index is 10.5. The van der Waals surface area contributed by atoms with Crippen molar-refractivity contribution < 1.29 is 5.11 Å². The summed E-state index contributed by atoms with van der Waals surface area (Å²) in [6, 6.07) is 6.10. The largest absolute Gasteiger partial charge is 0.389 e. The summed E-state index contributed by atoms with van der Waals surface area (Å²) in [6.07, 6.45) is 4.07. The quantitative estimate of drug-likeness (QED) is 0.882. The van der Waals surface area contributed by atoms with E-state index < -0.39 is 5.60 Å². The van der Waals surface area contributed by atoms with E-state index in [1.165, 1.54) is 5.56 Å². The molecule has 106 valence electrons. The fourth-order valence-electron chi connectivity index (χ4n) is 2.70. The van der Waals surface area contributed by atoms with Crippen LogP contribution >= 0.6 is 11.6 Å². The molecule has 1 fully saturated rings. The van der Waals surface area contributed by atoms with Crippen LogP contribution in [0.1, 0.15) is 43.7 Å². The molecule has 0 atom stereocenters. The monoisotopic (exact) mass is 281 g/mol. The number of hydrogen-bond donors (Lipinski definition) is 2. The molecule has 1 aromatic rings. The summed E-state index contributed by atoms with van der Waals surface area (Å²) >= 11 is 6.20. The molecular weight excluding hydrogens is 258 g/mol. The van der Waals surface area contributed by atoms with E-state index >= 15 is 0 Å². The lowest BCUT2D eigenvalue weighted by atomic mass is 9.79. The third-order valence-electron chi connectivity index (χ3n) is 4.18. The summed E-state index contributed by atoms with van der Waals surface area (Å²) in [5.41, 5.74) is 1.75. The average Bonchev–Trinajstić information content (AvgIpc) is 2.36. The Kier molecular flexibility index (Phi) is 4.88. The van der Waals surface area contributed by atoms with Crippen LogP contribution in [-0.2, 0) is 6.54 Å². The maximum Gasteiger partial charge on any atom is 0.0771 e. The summed E-state index contributed by atoms with van der Waals surface area (Å²) in [7, 11) is 0. The van der Waals surface area contributed by atoms with Gasteiger partial charge in [0, 0.05) is 18.1 Å². The smallest absolute Gasteiger partial charge is 0.0771 e. The third-order valence-corrected chi connectivity index (χ3v) is 4.53. The van der Waals surface area contributed by atoms with Crippen LogP contribution in [0.2, 0.25) is 5.02 Å². The van der Waals surface area contributed by atoms with Crippen LogP contribution in [0.15, 0.2) is 18.2 Å². The average molecular weight is 282 g/mol. The first-order valence-corrected chi connectivity index (χ1v) is 7.54. The van der Waals surface area contributed by atoms with Gasteiger partial charge in [-0.1, -0.05) is 30.7 Å². The van der Waals surface area contributed by atoms with Crippen molar-refractivity contribution in [3.8, 4) is 0 Å². The summed E-state index contributed by atoms with van der Waals surface area (Å²) < 4.78 is 0. The molecule has 2 N–H and O–H groups in total. The topological polar surface area (TPSA) is 32.3 Å². The Balaban J connectivity index is 1.83. The highest BCUT2D eigenvalue weighted by Gasteiger charge is 2.31. The highest BCUT2D eigenvalue weighted by atomic mass is 35.5. The zero-order valence-corrected chi connectivity index (χ0v) is 12.6. The van der Waals surface area contributed by atoms with Crippen LogP contribution in [0.3, 0.4) is 0 Å². The second-order valence-corrected chi connectivity index (χ2v) is 6.51. The van der Waals surface area contributed by atoms with Gasteiger partial charge in [0.05, 0.1) is 5.60 Å². The molecule has 19 heavy (non-hydrogen) atoms. The van der Waals surface area contributed by atoms with Crippen molar-refractivity contribution >= 4 is 11.6 Å². The van der Waals surface area contributed by atoms with Gasteiger partial charge in [0.15, 0.2) is 0 Å².